The van der Waals surface area contributed by atoms with Crippen LogP contribution in [-0.4, -0.2) is 23.5 Å². The Morgan fingerprint density at radius 2 is 2.27 bits per heavy atom. The third kappa shape index (κ3) is 1.58. The van der Waals surface area contributed by atoms with Crippen LogP contribution in [0.1, 0.15) is 27.6 Å². The zero-order valence-corrected chi connectivity index (χ0v) is 8.19. The molecular weight excluding hydrogens is 196 g/mol. The van der Waals surface area contributed by atoms with Crippen LogP contribution in [0.15, 0.2) is 18.2 Å². The van der Waals surface area contributed by atoms with E-state index in [2.05, 4.69) is 0 Å². The van der Waals surface area contributed by atoms with Gasteiger partial charge in [-0.15, -0.1) is 0 Å². The zero-order chi connectivity index (χ0) is 11.0. The monoisotopic (exact) mass is 206 g/mol. The van der Waals surface area contributed by atoms with E-state index in [-0.39, 0.29) is 17.3 Å². The van der Waals surface area contributed by atoms with Gasteiger partial charge in [-0.3, -0.25) is 4.79 Å². The number of ether oxygens (including phenoxy) is 1. The Bertz CT molecular complexity index is 436. The summed E-state index contributed by atoms with van der Waals surface area (Å²) < 4.78 is 5.31. The van der Waals surface area contributed by atoms with Crippen LogP contribution in [0.5, 0.6) is 5.75 Å². The molecule has 4 heteroatoms. The quantitative estimate of drug-likeness (QED) is 0.757. The van der Waals surface area contributed by atoms with Gasteiger partial charge in [-0.25, -0.2) is 4.79 Å². The van der Waals surface area contributed by atoms with Gasteiger partial charge in [0.2, 0.25) is 0 Å². The van der Waals surface area contributed by atoms with Crippen LogP contribution < -0.4 is 4.74 Å². The van der Waals surface area contributed by atoms with E-state index in [1.165, 1.54) is 18.2 Å². The minimum absolute atomic E-state index is 0.00758. The van der Waals surface area contributed by atoms with Crippen molar-refractivity contribution in [2.75, 3.05) is 6.61 Å². The van der Waals surface area contributed by atoms with Gasteiger partial charge in [0, 0.05) is 0 Å². The molecule has 1 heterocycles. The molecule has 1 N–H and O–H groups in total. The van der Waals surface area contributed by atoms with Crippen LogP contribution in [0.3, 0.4) is 0 Å². The number of rotatable bonds is 1. The molecule has 1 atom stereocenters. The molecule has 1 aliphatic heterocycles. The smallest absolute Gasteiger partial charge is 0.335 e. The average molecular weight is 206 g/mol. The molecule has 0 spiro atoms. The van der Waals surface area contributed by atoms with E-state index < -0.39 is 5.97 Å². The highest BCUT2D eigenvalue weighted by Gasteiger charge is 2.25. The maximum absolute atomic E-state index is 11.7. The lowest BCUT2D eigenvalue weighted by Crippen LogP contribution is -2.25. The topological polar surface area (TPSA) is 63.6 Å². The number of carbonyl (C=O) groups is 2. The summed E-state index contributed by atoms with van der Waals surface area (Å²) in [5, 5.41) is 8.76. The number of benzene rings is 1. The zero-order valence-electron chi connectivity index (χ0n) is 8.19. The number of carboxylic acid groups (broad SMARTS) is 1. The van der Waals surface area contributed by atoms with Crippen molar-refractivity contribution < 1.29 is 19.4 Å². The van der Waals surface area contributed by atoms with Crippen LogP contribution in [0.2, 0.25) is 0 Å². The third-order valence-corrected chi connectivity index (χ3v) is 2.43. The number of Topliss-reactive ketones (excluding diaryl/α,β-unsaturated/α-hetero) is 1. The number of ketones is 1. The van der Waals surface area contributed by atoms with Gasteiger partial charge in [0.1, 0.15) is 5.75 Å². The highest BCUT2D eigenvalue weighted by molar-refractivity contribution is 6.02. The van der Waals surface area contributed by atoms with E-state index in [9.17, 15) is 9.59 Å². The van der Waals surface area contributed by atoms with Crippen molar-refractivity contribution in [3.05, 3.63) is 29.3 Å². The van der Waals surface area contributed by atoms with Gasteiger partial charge in [0.05, 0.1) is 23.7 Å². The summed E-state index contributed by atoms with van der Waals surface area (Å²) in [6.45, 7) is 2.10. The van der Waals surface area contributed by atoms with Crippen molar-refractivity contribution in [1.82, 2.24) is 0 Å². The Kier molecular flexibility index (Phi) is 2.19. The summed E-state index contributed by atoms with van der Waals surface area (Å²) in [6.07, 6.45) is 0. The number of carboxylic acids is 1. The normalized spacial score (nSPS) is 19.3. The molecule has 0 radical (unpaired) electrons. The van der Waals surface area contributed by atoms with Crippen molar-refractivity contribution in [3.8, 4) is 5.75 Å². The predicted octanol–water partition coefficient (Wildman–Crippen LogP) is 1.60. The van der Waals surface area contributed by atoms with Gasteiger partial charge in [0.25, 0.3) is 0 Å². The molecule has 0 aliphatic carbocycles. The highest BCUT2D eigenvalue weighted by Crippen LogP contribution is 2.28. The predicted molar refractivity (Wildman–Crippen MR) is 52.4 cm³/mol. The van der Waals surface area contributed by atoms with Crippen LogP contribution >= 0.6 is 0 Å². The Labute approximate surface area is 86.5 Å². The van der Waals surface area contributed by atoms with E-state index in [0.717, 1.165) is 0 Å². The van der Waals surface area contributed by atoms with E-state index >= 15 is 0 Å². The molecule has 0 fully saturated rings. The molecular formula is C11H10O4. The van der Waals surface area contributed by atoms with E-state index in [4.69, 9.17) is 9.84 Å². The van der Waals surface area contributed by atoms with Crippen LogP contribution in [-0.2, 0) is 0 Å². The van der Waals surface area contributed by atoms with Gasteiger partial charge < -0.3 is 9.84 Å². The lowest BCUT2D eigenvalue weighted by Gasteiger charge is -2.21. The average Bonchev–Trinajstić information content (AvgIpc) is 2.23. The van der Waals surface area contributed by atoms with Crippen molar-refractivity contribution in [2.24, 2.45) is 5.92 Å². The fourth-order valence-corrected chi connectivity index (χ4v) is 1.53. The fourth-order valence-electron chi connectivity index (χ4n) is 1.53. The van der Waals surface area contributed by atoms with E-state index in [0.29, 0.717) is 17.9 Å². The van der Waals surface area contributed by atoms with E-state index in [1.54, 1.807) is 6.92 Å². The molecule has 15 heavy (non-hydrogen) atoms. The van der Waals surface area contributed by atoms with Gasteiger partial charge >= 0.3 is 5.97 Å². The summed E-state index contributed by atoms with van der Waals surface area (Å²) in [5.41, 5.74) is 0.606. The second kappa shape index (κ2) is 3.38. The second-order valence-corrected chi connectivity index (χ2v) is 3.59. The molecule has 0 aromatic heterocycles. The number of aromatic carboxylic acids is 1. The molecule has 0 saturated carbocycles. The van der Waals surface area contributed by atoms with Gasteiger partial charge in [-0.2, -0.15) is 0 Å². The lowest BCUT2D eigenvalue weighted by molar-refractivity contribution is 0.0693. The molecule has 1 unspecified atom stereocenters. The number of hydrogen-bond acceptors (Lipinski definition) is 3. The largest absolute Gasteiger partial charge is 0.492 e. The number of carbonyl (C=O) groups excluding carboxylic acids is 1. The first kappa shape index (κ1) is 9.71. The maximum atomic E-state index is 11.7. The minimum Gasteiger partial charge on any atom is -0.492 e. The maximum Gasteiger partial charge on any atom is 0.335 e. The molecule has 0 saturated heterocycles. The first-order valence-electron chi connectivity index (χ1n) is 4.64. The van der Waals surface area contributed by atoms with Gasteiger partial charge in [-0.05, 0) is 18.2 Å². The molecule has 1 aromatic carbocycles. The van der Waals surface area contributed by atoms with Crippen LogP contribution in [0.25, 0.3) is 0 Å². The van der Waals surface area contributed by atoms with Gasteiger partial charge in [0.15, 0.2) is 5.78 Å². The molecule has 0 amide bonds. The summed E-state index contributed by atoms with van der Waals surface area (Å²) >= 11 is 0. The van der Waals surface area contributed by atoms with Crippen molar-refractivity contribution in [3.63, 3.8) is 0 Å². The Hall–Kier alpha value is -1.84. The number of fused-ring (bicyclic) bond motifs is 1. The van der Waals surface area contributed by atoms with Gasteiger partial charge in [-0.1, -0.05) is 6.92 Å². The molecule has 0 bridgehead atoms. The summed E-state index contributed by atoms with van der Waals surface area (Å²) in [6, 6.07) is 4.32. The summed E-state index contributed by atoms with van der Waals surface area (Å²) in [4.78, 5) is 22.4. The molecule has 78 valence electrons. The first-order chi connectivity index (χ1) is 7.09. The fraction of sp³-hybridized carbons (Fsp3) is 0.273. The Morgan fingerprint density at radius 3 is 2.93 bits per heavy atom. The van der Waals surface area contributed by atoms with Crippen molar-refractivity contribution in [2.45, 2.75) is 6.92 Å². The molecule has 4 nitrogen and oxygen atoms in total. The third-order valence-electron chi connectivity index (χ3n) is 2.43. The standard InChI is InChI=1S/C11H10O4/c1-6-5-15-9-4-7(11(13)14)2-3-8(9)10(6)12/h2-4,6H,5H2,1H3,(H,13,14). The second-order valence-electron chi connectivity index (χ2n) is 3.59. The summed E-state index contributed by atoms with van der Waals surface area (Å²) in [5.74, 6) is -0.799. The highest BCUT2D eigenvalue weighted by atomic mass is 16.5. The van der Waals surface area contributed by atoms with Crippen molar-refractivity contribution in [1.29, 1.82) is 0 Å². The van der Waals surface area contributed by atoms with Crippen molar-refractivity contribution >= 4 is 11.8 Å². The summed E-state index contributed by atoms with van der Waals surface area (Å²) in [7, 11) is 0. The first-order valence-corrected chi connectivity index (χ1v) is 4.64. The Morgan fingerprint density at radius 1 is 1.53 bits per heavy atom. The molecule has 1 aromatic rings. The van der Waals surface area contributed by atoms with Crippen LogP contribution in [0.4, 0.5) is 0 Å². The SMILES string of the molecule is CC1COc2cc(C(=O)O)ccc2C1=O. The number of hydrogen-bond donors (Lipinski definition) is 1. The minimum atomic E-state index is -1.02. The van der Waals surface area contributed by atoms with E-state index in [1.807, 2.05) is 0 Å². The lowest BCUT2D eigenvalue weighted by atomic mass is 9.96. The molecule has 2 rings (SSSR count). The Balaban J connectivity index is 2.47. The van der Waals surface area contributed by atoms with Crippen LogP contribution in [0, 0.1) is 5.92 Å². The molecule has 1 aliphatic rings.